The molecular weight excluding hydrogens is 470 g/mol. The summed E-state index contributed by atoms with van der Waals surface area (Å²) >= 11 is 0. The summed E-state index contributed by atoms with van der Waals surface area (Å²) in [6.45, 7) is 17.1. The third-order valence-electron chi connectivity index (χ3n) is 8.17. The highest BCUT2D eigenvalue weighted by Gasteiger charge is 2.31. The van der Waals surface area contributed by atoms with Crippen LogP contribution in [0.5, 0.6) is 11.5 Å². The largest absolute Gasteiger partial charge is 0.507 e. The van der Waals surface area contributed by atoms with Crippen LogP contribution in [0.1, 0.15) is 102 Å². The van der Waals surface area contributed by atoms with Crippen molar-refractivity contribution in [1.29, 1.82) is 0 Å². The van der Waals surface area contributed by atoms with E-state index in [0.717, 1.165) is 31.6 Å². The molecule has 1 unspecified atom stereocenters. The molecule has 3 aromatic rings. The van der Waals surface area contributed by atoms with Crippen LogP contribution in [0.3, 0.4) is 0 Å². The topological polar surface area (TPSA) is 58.6 Å². The Labute approximate surface area is 228 Å². The molecule has 4 nitrogen and oxygen atoms in total. The Balaban J connectivity index is 1.55. The number of phenolic OH excluding ortho intramolecular Hbond substituents is 1. The molecule has 0 aliphatic carbocycles. The van der Waals surface area contributed by atoms with E-state index < -0.39 is 0 Å². The van der Waals surface area contributed by atoms with Gasteiger partial charge in [-0.2, -0.15) is 0 Å². The van der Waals surface area contributed by atoms with Crippen LogP contribution in [0.15, 0.2) is 48.5 Å². The van der Waals surface area contributed by atoms with Crippen molar-refractivity contribution in [2.45, 2.75) is 79.6 Å². The van der Waals surface area contributed by atoms with Gasteiger partial charge in [0.15, 0.2) is 0 Å². The highest BCUT2D eigenvalue weighted by molar-refractivity contribution is 5.96. The van der Waals surface area contributed by atoms with Crippen molar-refractivity contribution in [3.05, 3.63) is 93.0 Å². The first kappa shape index (κ1) is 27.8. The van der Waals surface area contributed by atoms with E-state index in [1.807, 2.05) is 0 Å². The first-order valence-electron chi connectivity index (χ1n) is 13.9. The molecule has 4 heteroatoms. The molecule has 2 N–H and O–H groups in total. The number of phenols is 1. The van der Waals surface area contributed by atoms with Gasteiger partial charge in [-0.1, -0.05) is 71.0 Å². The molecule has 1 amide bonds. The normalized spacial score (nSPS) is 14.9. The number of benzene rings is 3. The Morgan fingerprint density at radius 2 is 1.74 bits per heavy atom. The average Bonchev–Trinajstić information content (AvgIpc) is 3.26. The number of nitrogens with one attached hydrogen (secondary N) is 1. The number of aromatic hydroxyl groups is 1. The number of para-hydroxylation sites is 1. The Kier molecular flexibility index (Phi) is 8.20. The highest BCUT2D eigenvalue weighted by Crippen LogP contribution is 2.45. The molecule has 1 aliphatic rings. The minimum Gasteiger partial charge on any atom is -0.507 e. The van der Waals surface area contributed by atoms with Crippen molar-refractivity contribution in [3.8, 4) is 11.5 Å². The van der Waals surface area contributed by atoms with Gasteiger partial charge in [-0.3, -0.25) is 4.79 Å². The number of carbonyl (C=O) groups excluding carboxylic acids is 1. The molecule has 0 saturated carbocycles. The molecular formula is C34H43NO3. The lowest BCUT2D eigenvalue weighted by Gasteiger charge is -2.29. The predicted octanol–water partition coefficient (Wildman–Crippen LogP) is 7.61. The van der Waals surface area contributed by atoms with E-state index in [4.69, 9.17) is 4.74 Å². The molecule has 1 heterocycles. The van der Waals surface area contributed by atoms with Crippen LogP contribution in [0, 0.1) is 19.3 Å². The Hall–Kier alpha value is -3.27. The summed E-state index contributed by atoms with van der Waals surface area (Å²) < 4.78 is 6.30. The van der Waals surface area contributed by atoms with Crippen molar-refractivity contribution in [2.24, 2.45) is 5.41 Å². The van der Waals surface area contributed by atoms with Gasteiger partial charge < -0.3 is 15.2 Å². The summed E-state index contributed by atoms with van der Waals surface area (Å²) in [5.74, 6) is 1.77. The summed E-state index contributed by atoms with van der Waals surface area (Å²) in [5.41, 5.74) is 9.73. The fraction of sp³-hybridized carbons (Fsp3) is 0.441. The molecule has 0 spiro atoms. The van der Waals surface area contributed by atoms with E-state index in [9.17, 15) is 9.90 Å². The molecule has 202 valence electrons. The Morgan fingerprint density at radius 1 is 1.05 bits per heavy atom. The molecule has 1 aliphatic heterocycles. The minimum absolute atomic E-state index is 0.0105. The van der Waals surface area contributed by atoms with Gasteiger partial charge in [-0.25, -0.2) is 0 Å². The van der Waals surface area contributed by atoms with Crippen molar-refractivity contribution in [3.63, 3.8) is 0 Å². The molecule has 0 radical (unpaired) electrons. The van der Waals surface area contributed by atoms with Gasteiger partial charge in [-0.05, 0) is 78.0 Å². The zero-order chi connectivity index (χ0) is 27.6. The molecule has 3 aromatic carbocycles. The Morgan fingerprint density at radius 3 is 2.39 bits per heavy atom. The third kappa shape index (κ3) is 5.90. The van der Waals surface area contributed by atoms with E-state index in [1.54, 1.807) is 24.3 Å². The first-order chi connectivity index (χ1) is 18.0. The summed E-state index contributed by atoms with van der Waals surface area (Å²) in [5, 5.41) is 13.0. The maximum atomic E-state index is 12.6. The molecule has 0 aromatic heterocycles. The van der Waals surface area contributed by atoms with Crippen LogP contribution in [0.2, 0.25) is 0 Å². The zero-order valence-corrected chi connectivity index (χ0v) is 24.1. The minimum atomic E-state index is -0.236. The SMILES string of the molecule is Cc1c(CC(C)(C)CCNC(=O)c2ccccc2O)c(C)c2c(c1Cc1ccc(C(C)C)cc1)OCC2C. The molecule has 4 rings (SSSR count). The van der Waals surface area contributed by atoms with E-state index >= 15 is 0 Å². The number of hydrogen-bond donors (Lipinski definition) is 2. The molecule has 0 saturated heterocycles. The van der Waals surface area contributed by atoms with Crippen molar-refractivity contribution in [1.82, 2.24) is 5.32 Å². The van der Waals surface area contributed by atoms with Crippen molar-refractivity contribution >= 4 is 5.91 Å². The summed E-state index contributed by atoms with van der Waals surface area (Å²) in [4.78, 5) is 12.6. The van der Waals surface area contributed by atoms with Crippen LogP contribution in [-0.2, 0) is 12.8 Å². The van der Waals surface area contributed by atoms with E-state index in [2.05, 4.69) is 78.0 Å². The van der Waals surface area contributed by atoms with Crippen molar-refractivity contribution in [2.75, 3.05) is 13.2 Å². The number of fused-ring (bicyclic) bond motifs is 1. The van der Waals surface area contributed by atoms with Gasteiger partial charge in [0.25, 0.3) is 5.91 Å². The monoisotopic (exact) mass is 513 g/mol. The summed E-state index contributed by atoms with van der Waals surface area (Å²) in [7, 11) is 0. The van der Waals surface area contributed by atoms with Gasteiger partial charge in [0, 0.05) is 30.0 Å². The van der Waals surface area contributed by atoms with Crippen LogP contribution in [0.25, 0.3) is 0 Å². The Bertz CT molecular complexity index is 1300. The average molecular weight is 514 g/mol. The van der Waals surface area contributed by atoms with Crippen LogP contribution >= 0.6 is 0 Å². The summed E-state index contributed by atoms with van der Waals surface area (Å²) in [6.07, 6.45) is 2.63. The number of rotatable bonds is 9. The highest BCUT2D eigenvalue weighted by atomic mass is 16.5. The zero-order valence-electron chi connectivity index (χ0n) is 24.1. The lowest BCUT2D eigenvalue weighted by atomic mass is 9.77. The standard InChI is InChI=1S/C34H43NO3/c1-21(2)26-14-12-25(13-15-26)18-28-23(4)29(24(5)31-22(3)20-38-32(28)31)19-34(6,7)16-17-35-33(37)27-10-8-9-11-30(27)36/h8-15,21-22,36H,16-20H2,1-7H3,(H,35,37). The second-order valence-electron chi connectivity index (χ2n) is 12.1. The summed E-state index contributed by atoms with van der Waals surface area (Å²) in [6, 6.07) is 15.7. The lowest BCUT2D eigenvalue weighted by Crippen LogP contribution is -2.29. The van der Waals surface area contributed by atoms with E-state index in [-0.39, 0.29) is 17.1 Å². The molecule has 0 bridgehead atoms. The van der Waals surface area contributed by atoms with Gasteiger partial charge in [0.05, 0.1) is 12.2 Å². The maximum Gasteiger partial charge on any atom is 0.255 e. The fourth-order valence-corrected chi connectivity index (χ4v) is 5.72. The number of ether oxygens (including phenoxy) is 1. The number of amides is 1. The van der Waals surface area contributed by atoms with Gasteiger partial charge in [0.1, 0.15) is 11.5 Å². The van der Waals surface area contributed by atoms with Crippen LogP contribution in [-0.4, -0.2) is 24.2 Å². The second-order valence-corrected chi connectivity index (χ2v) is 12.1. The van der Waals surface area contributed by atoms with Crippen molar-refractivity contribution < 1.29 is 14.6 Å². The first-order valence-corrected chi connectivity index (χ1v) is 13.9. The molecule has 38 heavy (non-hydrogen) atoms. The molecule has 0 fully saturated rings. The third-order valence-corrected chi connectivity index (χ3v) is 8.17. The van der Waals surface area contributed by atoms with Gasteiger partial charge >= 0.3 is 0 Å². The maximum absolute atomic E-state index is 12.6. The quantitative estimate of drug-likeness (QED) is 0.310. The fourth-order valence-electron chi connectivity index (χ4n) is 5.72. The van der Waals surface area contributed by atoms with E-state index in [1.165, 1.54) is 38.9 Å². The van der Waals surface area contributed by atoms with Gasteiger partial charge in [-0.15, -0.1) is 0 Å². The molecule has 1 atom stereocenters. The second kappa shape index (κ2) is 11.2. The van der Waals surface area contributed by atoms with Gasteiger partial charge in [0.2, 0.25) is 0 Å². The van der Waals surface area contributed by atoms with Crippen LogP contribution < -0.4 is 10.1 Å². The lowest BCUT2D eigenvalue weighted by molar-refractivity contribution is 0.0946. The van der Waals surface area contributed by atoms with Crippen LogP contribution in [0.4, 0.5) is 0 Å². The number of carbonyl (C=O) groups is 1. The smallest absolute Gasteiger partial charge is 0.255 e. The van der Waals surface area contributed by atoms with E-state index in [0.29, 0.717) is 23.9 Å². The number of hydrogen-bond acceptors (Lipinski definition) is 3. The predicted molar refractivity (Wildman–Crippen MR) is 156 cm³/mol.